The maximum absolute atomic E-state index is 12.2. The summed E-state index contributed by atoms with van der Waals surface area (Å²) in [6.45, 7) is 13.4. The number of nitriles is 1. The van der Waals surface area contributed by atoms with Crippen molar-refractivity contribution in [1.29, 1.82) is 5.26 Å². The number of aliphatic hydroxyl groups excluding tert-OH is 1. The normalized spacial score (nSPS) is 11.4. The first-order valence-corrected chi connectivity index (χ1v) is 11.9. The van der Waals surface area contributed by atoms with Crippen LogP contribution in [0.3, 0.4) is 0 Å². The van der Waals surface area contributed by atoms with E-state index in [2.05, 4.69) is 18.0 Å². The Bertz CT molecular complexity index is 1290. The Balaban J connectivity index is 1.91. The number of hydrogen-bond donors (Lipinski definition) is 1. The molecule has 0 bridgehead atoms. The summed E-state index contributed by atoms with van der Waals surface area (Å²) in [6.07, 6.45) is 2.05. The van der Waals surface area contributed by atoms with Gasteiger partial charge < -0.3 is 28.8 Å². The van der Waals surface area contributed by atoms with Crippen molar-refractivity contribution in [3.05, 3.63) is 83.4 Å². The number of hydrogen-bond acceptors (Lipinski definition) is 10. The van der Waals surface area contributed by atoms with Gasteiger partial charge in [-0.1, -0.05) is 31.4 Å². The molecular formula is C29H30N2O9. The van der Waals surface area contributed by atoms with Gasteiger partial charge in [-0.3, -0.25) is 0 Å². The quantitative estimate of drug-likeness (QED) is 0.0587. The SMILES string of the molecule is [C-]#[N+]C(=C)COOCCOC(=O)C(C#N)=Cc1ccc(OCC(O)COc2ccc(C=C)cc2OC)c(OC)c1. The lowest BCUT2D eigenvalue weighted by molar-refractivity contribution is -0.291. The Morgan fingerprint density at radius 1 is 1.02 bits per heavy atom. The van der Waals surface area contributed by atoms with Gasteiger partial charge in [0.2, 0.25) is 0 Å². The van der Waals surface area contributed by atoms with Crippen molar-refractivity contribution in [2.24, 2.45) is 0 Å². The zero-order valence-electron chi connectivity index (χ0n) is 22.3. The Kier molecular flexibility index (Phi) is 13.3. The Labute approximate surface area is 232 Å². The first kappa shape index (κ1) is 31.4. The molecule has 1 N–H and O–H groups in total. The smallest absolute Gasteiger partial charge is 0.348 e. The van der Waals surface area contributed by atoms with Crippen molar-refractivity contribution in [3.63, 3.8) is 0 Å². The van der Waals surface area contributed by atoms with E-state index in [0.29, 0.717) is 28.6 Å². The van der Waals surface area contributed by atoms with Gasteiger partial charge >= 0.3 is 5.97 Å². The monoisotopic (exact) mass is 550 g/mol. The minimum absolute atomic E-state index is 0.0476. The fraction of sp³-hybridized carbons (Fsp3) is 0.276. The number of carbonyl (C=O) groups is 1. The molecule has 0 spiro atoms. The van der Waals surface area contributed by atoms with Gasteiger partial charge in [0.1, 0.15) is 50.8 Å². The van der Waals surface area contributed by atoms with Gasteiger partial charge in [0.05, 0.1) is 20.8 Å². The van der Waals surface area contributed by atoms with Crippen LogP contribution < -0.4 is 18.9 Å². The molecule has 2 aromatic rings. The third-order valence-electron chi connectivity index (χ3n) is 4.99. The zero-order chi connectivity index (χ0) is 29.3. The molecule has 2 aromatic carbocycles. The summed E-state index contributed by atoms with van der Waals surface area (Å²) in [5, 5.41) is 19.7. The second-order valence-electron chi connectivity index (χ2n) is 7.87. The summed E-state index contributed by atoms with van der Waals surface area (Å²) in [5.74, 6) is 0.788. The molecule has 40 heavy (non-hydrogen) atoms. The molecule has 210 valence electrons. The summed E-state index contributed by atoms with van der Waals surface area (Å²) in [6, 6.07) is 11.9. The van der Waals surface area contributed by atoms with Crippen molar-refractivity contribution in [2.75, 3.05) is 47.3 Å². The average Bonchev–Trinajstić information content (AvgIpc) is 2.98. The Morgan fingerprint density at radius 3 is 2.17 bits per heavy atom. The Morgan fingerprint density at radius 2 is 1.62 bits per heavy atom. The summed E-state index contributed by atoms with van der Waals surface area (Å²) in [5.41, 5.74) is 1.26. The average molecular weight is 551 g/mol. The van der Waals surface area contributed by atoms with Crippen LogP contribution in [0.1, 0.15) is 11.1 Å². The summed E-state index contributed by atoms with van der Waals surface area (Å²) >= 11 is 0. The predicted octanol–water partition coefficient (Wildman–Crippen LogP) is 4.00. The molecule has 1 atom stereocenters. The van der Waals surface area contributed by atoms with Crippen molar-refractivity contribution in [2.45, 2.75) is 6.10 Å². The molecule has 11 heteroatoms. The van der Waals surface area contributed by atoms with E-state index in [0.717, 1.165) is 5.56 Å². The highest BCUT2D eigenvalue weighted by atomic mass is 17.2. The molecule has 0 aliphatic carbocycles. The van der Waals surface area contributed by atoms with Gasteiger partial charge in [-0.15, -0.1) is 0 Å². The molecule has 0 heterocycles. The molecule has 11 nitrogen and oxygen atoms in total. The van der Waals surface area contributed by atoms with Gasteiger partial charge in [0.25, 0.3) is 0 Å². The van der Waals surface area contributed by atoms with Gasteiger partial charge in [0.15, 0.2) is 28.7 Å². The minimum atomic E-state index is -0.964. The number of rotatable bonds is 17. The lowest BCUT2D eigenvalue weighted by Gasteiger charge is -2.17. The van der Waals surface area contributed by atoms with Crippen LogP contribution in [0.15, 0.2) is 60.8 Å². The Hall–Kier alpha value is -4.81. The van der Waals surface area contributed by atoms with Crippen LogP contribution in [0.2, 0.25) is 0 Å². The van der Waals surface area contributed by atoms with Crippen LogP contribution >= 0.6 is 0 Å². The molecular weight excluding hydrogens is 520 g/mol. The van der Waals surface area contributed by atoms with Crippen molar-refractivity contribution >= 4 is 18.1 Å². The first-order valence-electron chi connectivity index (χ1n) is 11.9. The van der Waals surface area contributed by atoms with E-state index < -0.39 is 12.1 Å². The molecule has 0 aromatic heterocycles. The van der Waals surface area contributed by atoms with Crippen LogP contribution in [0.4, 0.5) is 0 Å². The van der Waals surface area contributed by atoms with Gasteiger partial charge in [-0.25, -0.2) is 19.4 Å². The number of carbonyl (C=O) groups excluding carboxylic acids is 1. The molecule has 0 radical (unpaired) electrons. The fourth-order valence-electron chi connectivity index (χ4n) is 2.99. The zero-order valence-corrected chi connectivity index (χ0v) is 22.3. The van der Waals surface area contributed by atoms with Crippen LogP contribution in [-0.4, -0.2) is 64.4 Å². The topological polar surface area (TPSA) is 130 Å². The molecule has 0 fully saturated rings. The van der Waals surface area contributed by atoms with Crippen LogP contribution in [-0.2, 0) is 19.3 Å². The van der Waals surface area contributed by atoms with E-state index in [-0.39, 0.29) is 44.3 Å². The molecule has 0 amide bonds. The van der Waals surface area contributed by atoms with Gasteiger partial charge in [-0.2, -0.15) is 5.26 Å². The third-order valence-corrected chi connectivity index (χ3v) is 4.99. The van der Waals surface area contributed by atoms with Gasteiger partial charge in [-0.05, 0) is 41.5 Å². The van der Waals surface area contributed by atoms with E-state index in [1.54, 1.807) is 42.5 Å². The highest BCUT2D eigenvalue weighted by Gasteiger charge is 2.14. The molecule has 2 rings (SSSR count). The van der Waals surface area contributed by atoms with Crippen molar-refractivity contribution in [3.8, 4) is 29.1 Å². The summed E-state index contributed by atoms with van der Waals surface area (Å²) in [4.78, 5) is 24.8. The van der Waals surface area contributed by atoms with Crippen molar-refractivity contribution < 1.29 is 43.4 Å². The van der Waals surface area contributed by atoms with Crippen LogP contribution in [0, 0.1) is 17.9 Å². The van der Waals surface area contributed by atoms with E-state index in [9.17, 15) is 15.2 Å². The number of aliphatic hydroxyl groups is 1. The maximum Gasteiger partial charge on any atom is 0.348 e. The van der Waals surface area contributed by atoms with Crippen LogP contribution in [0.5, 0.6) is 23.0 Å². The van der Waals surface area contributed by atoms with E-state index >= 15 is 0 Å². The minimum Gasteiger partial charge on any atom is -0.493 e. The largest absolute Gasteiger partial charge is 0.493 e. The molecule has 0 saturated heterocycles. The maximum atomic E-state index is 12.2. The molecule has 0 aliphatic heterocycles. The first-order chi connectivity index (χ1) is 19.3. The number of methoxy groups -OCH3 is 2. The standard InChI is InChI=1S/C29H30N2O9/c1-6-21-7-9-25(27(14-21)34-4)37-18-24(32)19-38-26-10-8-22(15-28(26)35-5)13-23(16-30)29(33)36-11-12-39-40-17-20(2)31-3/h6-10,13-15,24,32H,1-2,11-12,17-19H2,4-5H3. The summed E-state index contributed by atoms with van der Waals surface area (Å²) < 4.78 is 27.0. The number of nitrogens with zero attached hydrogens (tertiary/aromatic N) is 2. The van der Waals surface area contributed by atoms with E-state index in [1.165, 1.54) is 20.3 Å². The van der Waals surface area contributed by atoms with E-state index in [1.807, 2.05) is 6.07 Å². The second-order valence-corrected chi connectivity index (χ2v) is 7.87. The number of esters is 1. The highest BCUT2D eigenvalue weighted by molar-refractivity contribution is 5.98. The lowest BCUT2D eigenvalue weighted by atomic mass is 10.1. The summed E-state index contributed by atoms with van der Waals surface area (Å²) in [7, 11) is 2.96. The predicted molar refractivity (Wildman–Crippen MR) is 145 cm³/mol. The van der Waals surface area contributed by atoms with Crippen molar-refractivity contribution in [1.82, 2.24) is 0 Å². The number of ether oxygens (including phenoxy) is 5. The van der Waals surface area contributed by atoms with E-state index in [4.69, 9.17) is 40.0 Å². The third kappa shape index (κ3) is 10.2. The van der Waals surface area contributed by atoms with Gasteiger partial charge in [0, 0.05) is 0 Å². The molecule has 0 aliphatic rings. The fourth-order valence-corrected chi connectivity index (χ4v) is 2.99. The molecule has 0 saturated carbocycles. The van der Waals surface area contributed by atoms with Crippen LogP contribution in [0.25, 0.3) is 17.0 Å². The number of benzene rings is 2. The molecule has 1 unspecified atom stereocenters. The highest BCUT2D eigenvalue weighted by Crippen LogP contribution is 2.30. The lowest BCUT2D eigenvalue weighted by Crippen LogP contribution is -2.25. The second kappa shape index (κ2) is 16.9.